The molecule has 4 aromatic rings. The van der Waals surface area contributed by atoms with Gasteiger partial charge in [-0.2, -0.15) is 23.4 Å². The fourth-order valence-electron chi connectivity index (χ4n) is 3.51. The molecule has 2 aromatic heterocycles. The van der Waals surface area contributed by atoms with Crippen molar-refractivity contribution in [3.05, 3.63) is 82.8 Å². The number of hydrogen-bond donors (Lipinski definition) is 3. The van der Waals surface area contributed by atoms with E-state index in [0.29, 0.717) is 22.5 Å². The summed E-state index contributed by atoms with van der Waals surface area (Å²) in [5, 5.41) is 21.9. The first-order valence-electron chi connectivity index (χ1n) is 10.7. The maximum absolute atomic E-state index is 13.7. The summed E-state index contributed by atoms with van der Waals surface area (Å²) in [6.45, 7) is 1.58. The average Bonchev–Trinajstić information content (AvgIpc) is 3.44. The van der Waals surface area contributed by atoms with E-state index in [1.807, 2.05) is 0 Å². The Bertz CT molecular complexity index is 1510. The van der Waals surface area contributed by atoms with Gasteiger partial charge in [-0.05, 0) is 55.0 Å². The Labute approximate surface area is 206 Å². The molecule has 0 aliphatic rings. The first kappa shape index (κ1) is 25.5. The van der Waals surface area contributed by atoms with Gasteiger partial charge in [-0.3, -0.25) is 14.6 Å². The van der Waals surface area contributed by atoms with Crippen LogP contribution in [-0.4, -0.2) is 36.8 Å². The molecular formula is C24H19F5N6O2. The highest BCUT2D eigenvalue weighted by Crippen LogP contribution is 2.30. The number of aromatic nitrogens is 4. The number of hydrogen-bond acceptors (Lipinski definition) is 5. The number of H-pyrrole nitrogens is 1. The van der Waals surface area contributed by atoms with Gasteiger partial charge < -0.3 is 10.4 Å². The van der Waals surface area contributed by atoms with Crippen molar-refractivity contribution in [2.24, 2.45) is 12.0 Å². The molecule has 0 saturated carbocycles. The number of phenolic OH excluding ortho intramolecular Hbond substituents is 1. The number of carbonyl (C=O) groups excluding carboxylic acids is 1. The Morgan fingerprint density at radius 1 is 1.16 bits per heavy atom. The number of benzene rings is 2. The number of aryl methyl sites for hydroxylation is 2. The Kier molecular flexibility index (Phi) is 6.79. The van der Waals surface area contributed by atoms with Gasteiger partial charge in [0, 0.05) is 30.9 Å². The number of nitrogens with one attached hydrogen (secondary N) is 2. The van der Waals surface area contributed by atoms with E-state index in [4.69, 9.17) is 0 Å². The zero-order valence-corrected chi connectivity index (χ0v) is 19.4. The number of rotatable bonds is 5. The van der Waals surface area contributed by atoms with Gasteiger partial charge in [-0.25, -0.2) is 13.8 Å². The molecule has 37 heavy (non-hydrogen) atoms. The highest BCUT2D eigenvalue weighted by molar-refractivity contribution is 6.08. The normalized spacial score (nSPS) is 12.1. The predicted octanol–water partition coefficient (Wildman–Crippen LogP) is 4.82. The summed E-state index contributed by atoms with van der Waals surface area (Å²) in [6.07, 6.45) is -4.05. The van der Waals surface area contributed by atoms with Crippen LogP contribution in [-0.2, 0) is 19.6 Å². The minimum atomic E-state index is -4.86. The van der Waals surface area contributed by atoms with Gasteiger partial charge in [0.05, 0.1) is 16.9 Å². The second kappa shape index (κ2) is 9.84. The van der Waals surface area contributed by atoms with Crippen molar-refractivity contribution in [1.29, 1.82) is 0 Å². The molecular weight excluding hydrogens is 499 g/mol. The zero-order valence-electron chi connectivity index (χ0n) is 19.4. The molecule has 3 N–H and O–H groups in total. The first-order chi connectivity index (χ1) is 17.4. The van der Waals surface area contributed by atoms with Crippen LogP contribution in [0, 0.1) is 18.6 Å². The summed E-state index contributed by atoms with van der Waals surface area (Å²) < 4.78 is 68.3. The van der Waals surface area contributed by atoms with Crippen LogP contribution in [0.25, 0.3) is 11.3 Å². The van der Waals surface area contributed by atoms with Crippen LogP contribution in [0.2, 0.25) is 0 Å². The van der Waals surface area contributed by atoms with Gasteiger partial charge in [0.1, 0.15) is 11.7 Å². The van der Waals surface area contributed by atoms with E-state index in [0.717, 1.165) is 29.1 Å². The third-order valence-electron chi connectivity index (χ3n) is 5.25. The Morgan fingerprint density at radius 2 is 1.92 bits per heavy atom. The first-order valence-corrected chi connectivity index (χ1v) is 10.7. The van der Waals surface area contributed by atoms with E-state index < -0.39 is 40.7 Å². The smallest absolute Gasteiger partial charge is 0.435 e. The number of nitrogens with zero attached hydrogens (tertiary/aromatic N) is 4. The number of alkyl halides is 3. The maximum Gasteiger partial charge on any atom is 0.435 e. The molecule has 0 spiro atoms. The third-order valence-corrected chi connectivity index (χ3v) is 5.25. The quantitative estimate of drug-likeness (QED) is 0.200. The minimum Gasteiger partial charge on any atom is -0.505 e. The Balaban J connectivity index is 1.68. The van der Waals surface area contributed by atoms with E-state index in [1.54, 1.807) is 6.92 Å². The van der Waals surface area contributed by atoms with Crippen molar-refractivity contribution in [3.63, 3.8) is 0 Å². The van der Waals surface area contributed by atoms with Crippen LogP contribution < -0.4 is 5.32 Å². The molecule has 13 heteroatoms. The number of aromatic amines is 1. The van der Waals surface area contributed by atoms with E-state index >= 15 is 0 Å². The summed E-state index contributed by atoms with van der Waals surface area (Å²) in [6, 6.07) is 8.94. The molecule has 8 nitrogen and oxygen atoms in total. The molecule has 2 aromatic carbocycles. The van der Waals surface area contributed by atoms with Crippen LogP contribution in [0.5, 0.6) is 5.75 Å². The van der Waals surface area contributed by atoms with Gasteiger partial charge in [-0.15, -0.1) is 0 Å². The van der Waals surface area contributed by atoms with Gasteiger partial charge >= 0.3 is 6.18 Å². The Morgan fingerprint density at radius 3 is 2.59 bits per heavy atom. The summed E-state index contributed by atoms with van der Waals surface area (Å²) >= 11 is 0. The number of aromatic hydroxyl groups is 1. The average molecular weight is 518 g/mol. The Hall–Kier alpha value is -4.55. The lowest BCUT2D eigenvalue weighted by atomic mass is 10.1. The van der Waals surface area contributed by atoms with Crippen molar-refractivity contribution >= 4 is 17.4 Å². The van der Waals surface area contributed by atoms with Crippen molar-refractivity contribution < 1.29 is 31.9 Å². The second-order valence-corrected chi connectivity index (χ2v) is 8.13. The monoisotopic (exact) mass is 518 g/mol. The molecule has 192 valence electrons. The lowest BCUT2D eigenvalue weighted by Gasteiger charge is -2.10. The summed E-state index contributed by atoms with van der Waals surface area (Å²) in [5.41, 5.74) is -0.326. The fraction of sp³-hybridized carbons (Fsp3) is 0.167. The van der Waals surface area contributed by atoms with Crippen molar-refractivity contribution in [1.82, 2.24) is 25.3 Å². The highest BCUT2D eigenvalue weighted by atomic mass is 19.4. The van der Waals surface area contributed by atoms with Crippen molar-refractivity contribution in [2.75, 3.05) is 0 Å². The molecule has 0 aliphatic carbocycles. The molecule has 0 bridgehead atoms. The molecule has 0 aliphatic heterocycles. The van der Waals surface area contributed by atoms with Crippen molar-refractivity contribution in [2.45, 2.75) is 19.5 Å². The van der Waals surface area contributed by atoms with E-state index in [9.17, 15) is 31.9 Å². The molecule has 4 rings (SSSR count). The zero-order chi connectivity index (χ0) is 26.9. The van der Waals surface area contributed by atoms with E-state index in [1.165, 1.54) is 31.3 Å². The van der Waals surface area contributed by atoms with Gasteiger partial charge in [-0.1, -0.05) is 0 Å². The molecule has 2 heterocycles. The largest absolute Gasteiger partial charge is 0.505 e. The lowest BCUT2D eigenvalue weighted by Crippen LogP contribution is -2.33. The van der Waals surface area contributed by atoms with Crippen LogP contribution in [0.3, 0.4) is 0 Å². The molecule has 0 saturated heterocycles. The van der Waals surface area contributed by atoms with Gasteiger partial charge in [0.2, 0.25) is 0 Å². The molecule has 0 fully saturated rings. The number of carbonyl (C=O) groups is 1. The topological polar surface area (TPSA) is 108 Å². The number of phenols is 1. The van der Waals surface area contributed by atoms with Crippen LogP contribution in [0.1, 0.15) is 27.3 Å². The molecule has 0 atom stereocenters. The van der Waals surface area contributed by atoms with Crippen molar-refractivity contribution in [3.8, 4) is 17.0 Å². The summed E-state index contributed by atoms with van der Waals surface area (Å²) in [4.78, 5) is 17.2. The number of amidine groups is 1. The highest BCUT2D eigenvalue weighted by Gasteiger charge is 2.39. The number of halogens is 5. The molecule has 1 amide bonds. The third kappa shape index (κ3) is 5.82. The summed E-state index contributed by atoms with van der Waals surface area (Å²) in [5.74, 6) is -3.05. The van der Waals surface area contributed by atoms with Crippen LogP contribution in [0.15, 0.2) is 53.7 Å². The van der Waals surface area contributed by atoms with Crippen LogP contribution in [0.4, 0.5) is 27.6 Å². The lowest BCUT2D eigenvalue weighted by molar-refractivity contribution is -0.141. The minimum absolute atomic E-state index is 0.0660. The number of amides is 1. The second-order valence-electron chi connectivity index (χ2n) is 8.13. The standard InChI is InChI=1S/C24H19F5N6O2/c1-12-7-14(25)4-5-18(12)30-21(31-23(37)16-11-35(2)34-22(16)24(27,28)29)10-15-9-19(33-32-15)13-3-6-20(36)17(26)8-13/h3-9,11,36H,10H2,1-2H3,(H,32,33)(H,30,31,37). The summed E-state index contributed by atoms with van der Waals surface area (Å²) in [7, 11) is 1.25. The number of aliphatic imine (C=N–C) groups is 1. The van der Waals surface area contributed by atoms with Gasteiger partial charge in [0.15, 0.2) is 17.3 Å². The van der Waals surface area contributed by atoms with Crippen LogP contribution >= 0.6 is 0 Å². The predicted molar refractivity (Wildman–Crippen MR) is 123 cm³/mol. The van der Waals surface area contributed by atoms with E-state index in [2.05, 4.69) is 25.6 Å². The molecule has 0 radical (unpaired) electrons. The maximum atomic E-state index is 13.7. The van der Waals surface area contributed by atoms with Gasteiger partial charge in [0.25, 0.3) is 5.91 Å². The fourth-order valence-corrected chi connectivity index (χ4v) is 3.51. The molecule has 0 unspecified atom stereocenters. The van der Waals surface area contributed by atoms with E-state index in [-0.39, 0.29) is 17.9 Å². The SMILES string of the molecule is Cc1cc(F)ccc1N=C(Cc1cc(-c2ccc(O)c(F)c2)n[nH]1)NC(=O)c1cn(C)nc1C(F)(F)F.